The molecule has 0 aliphatic carbocycles. The van der Waals surface area contributed by atoms with Gasteiger partial charge in [-0.05, 0) is 50.2 Å². The lowest BCUT2D eigenvalue weighted by molar-refractivity contribution is -0.137. The van der Waals surface area contributed by atoms with E-state index in [1.165, 1.54) is 24.4 Å². The number of halogens is 5. The largest absolute Gasteiger partial charge is 0.417 e. The summed E-state index contributed by atoms with van der Waals surface area (Å²) < 4.78 is 52.9. The average Bonchev–Trinajstić information content (AvgIpc) is 2.91. The number of hydrogen-bond donors (Lipinski definition) is 1. The van der Waals surface area contributed by atoms with Crippen LogP contribution in [0.1, 0.15) is 22.5 Å². The van der Waals surface area contributed by atoms with E-state index < -0.39 is 17.6 Å². The summed E-state index contributed by atoms with van der Waals surface area (Å²) in [5.41, 5.74) is 4.97. The lowest BCUT2D eigenvalue weighted by atomic mass is 10.2. The van der Waals surface area contributed by atoms with Gasteiger partial charge in [-0.15, -0.1) is 0 Å². The molecule has 0 unspecified atom stereocenters. The summed E-state index contributed by atoms with van der Waals surface area (Å²) in [4.78, 5) is 3.69. The number of benzene rings is 1. The summed E-state index contributed by atoms with van der Waals surface area (Å²) in [6.07, 6.45) is -2.17. The molecule has 0 fully saturated rings. The van der Waals surface area contributed by atoms with Crippen molar-refractivity contribution in [2.24, 2.45) is 5.10 Å². The number of alkyl halides is 3. The van der Waals surface area contributed by atoms with Gasteiger partial charge in [-0.25, -0.2) is 9.37 Å². The van der Waals surface area contributed by atoms with Crippen molar-refractivity contribution in [1.29, 1.82) is 0 Å². The molecule has 0 atom stereocenters. The molecule has 2 aromatic heterocycles. The first-order chi connectivity index (χ1) is 13.2. The van der Waals surface area contributed by atoms with E-state index in [2.05, 4.69) is 15.5 Å². The Hall–Kier alpha value is -2.87. The van der Waals surface area contributed by atoms with E-state index in [0.29, 0.717) is 5.69 Å². The van der Waals surface area contributed by atoms with Gasteiger partial charge < -0.3 is 4.57 Å². The lowest BCUT2D eigenvalue weighted by Gasteiger charge is -2.10. The number of nitrogens with one attached hydrogen (secondary N) is 1. The number of aryl methyl sites for hydroxylation is 1. The van der Waals surface area contributed by atoms with Gasteiger partial charge in [0.1, 0.15) is 11.6 Å². The van der Waals surface area contributed by atoms with Gasteiger partial charge in [0.05, 0.1) is 16.8 Å². The minimum Gasteiger partial charge on any atom is -0.318 e. The smallest absolute Gasteiger partial charge is 0.318 e. The van der Waals surface area contributed by atoms with E-state index in [1.54, 1.807) is 6.07 Å². The highest BCUT2D eigenvalue weighted by atomic mass is 35.5. The van der Waals surface area contributed by atoms with Crippen LogP contribution in [0.15, 0.2) is 47.7 Å². The molecule has 4 nitrogen and oxygen atoms in total. The molecule has 0 saturated heterocycles. The molecular formula is C19H15ClF4N4. The number of anilines is 1. The van der Waals surface area contributed by atoms with E-state index in [0.717, 1.165) is 29.2 Å². The minimum atomic E-state index is -4.43. The maximum Gasteiger partial charge on any atom is 0.417 e. The molecule has 0 amide bonds. The Morgan fingerprint density at radius 1 is 1.14 bits per heavy atom. The van der Waals surface area contributed by atoms with Gasteiger partial charge >= 0.3 is 6.18 Å². The van der Waals surface area contributed by atoms with Crippen LogP contribution in [0.2, 0.25) is 5.02 Å². The van der Waals surface area contributed by atoms with Gasteiger partial charge in [-0.3, -0.25) is 5.43 Å². The van der Waals surface area contributed by atoms with Crippen LogP contribution in [-0.4, -0.2) is 15.8 Å². The predicted molar refractivity (Wildman–Crippen MR) is 101 cm³/mol. The van der Waals surface area contributed by atoms with Crippen LogP contribution in [-0.2, 0) is 6.18 Å². The minimum absolute atomic E-state index is 0.0234. The molecule has 28 heavy (non-hydrogen) atoms. The van der Waals surface area contributed by atoms with Crippen LogP contribution in [0.25, 0.3) is 5.69 Å². The van der Waals surface area contributed by atoms with Crippen molar-refractivity contribution in [1.82, 2.24) is 9.55 Å². The van der Waals surface area contributed by atoms with Gasteiger partial charge in [0.2, 0.25) is 0 Å². The van der Waals surface area contributed by atoms with Gasteiger partial charge in [0.15, 0.2) is 0 Å². The van der Waals surface area contributed by atoms with Crippen molar-refractivity contribution in [2.45, 2.75) is 20.0 Å². The zero-order chi connectivity index (χ0) is 20.5. The molecule has 0 aliphatic rings. The highest BCUT2D eigenvalue weighted by Crippen LogP contribution is 2.29. The summed E-state index contributed by atoms with van der Waals surface area (Å²) in [5, 5.41) is 4.05. The Morgan fingerprint density at radius 2 is 1.89 bits per heavy atom. The van der Waals surface area contributed by atoms with E-state index in [-0.39, 0.29) is 10.8 Å². The molecule has 1 aromatic carbocycles. The first kappa shape index (κ1) is 19.9. The van der Waals surface area contributed by atoms with Gasteiger partial charge in [-0.1, -0.05) is 11.6 Å². The Kier molecular flexibility index (Phi) is 5.42. The topological polar surface area (TPSA) is 42.2 Å². The third-order valence-electron chi connectivity index (χ3n) is 4.11. The Morgan fingerprint density at radius 3 is 2.50 bits per heavy atom. The second-order valence-corrected chi connectivity index (χ2v) is 6.47. The molecule has 3 aromatic rings. The zero-order valence-corrected chi connectivity index (χ0v) is 15.6. The second kappa shape index (κ2) is 7.63. The van der Waals surface area contributed by atoms with Crippen molar-refractivity contribution in [2.75, 3.05) is 5.43 Å². The average molecular weight is 411 g/mol. The molecule has 9 heteroatoms. The summed E-state index contributed by atoms with van der Waals surface area (Å²) in [6.45, 7) is 3.74. The first-order valence-electron chi connectivity index (χ1n) is 8.13. The Labute approximate surface area is 163 Å². The fourth-order valence-electron chi connectivity index (χ4n) is 2.74. The third kappa shape index (κ3) is 4.17. The van der Waals surface area contributed by atoms with Crippen molar-refractivity contribution in [3.63, 3.8) is 0 Å². The predicted octanol–water partition coefficient (Wildman–Crippen LogP) is 5.75. The van der Waals surface area contributed by atoms with Crippen molar-refractivity contribution < 1.29 is 17.6 Å². The molecule has 3 rings (SSSR count). The normalized spacial score (nSPS) is 12.0. The first-order valence-corrected chi connectivity index (χ1v) is 8.51. The molecule has 146 valence electrons. The fraction of sp³-hybridized carbons (Fsp3) is 0.158. The number of pyridine rings is 1. The molecule has 2 heterocycles. The molecule has 0 spiro atoms. The van der Waals surface area contributed by atoms with E-state index >= 15 is 0 Å². The third-order valence-corrected chi connectivity index (χ3v) is 4.39. The van der Waals surface area contributed by atoms with Crippen molar-refractivity contribution >= 4 is 23.6 Å². The molecule has 0 aliphatic heterocycles. The summed E-state index contributed by atoms with van der Waals surface area (Å²) in [6, 6.07) is 8.44. The summed E-state index contributed by atoms with van der Waals surface area (Å²) >= 11 is 5.86. The van der Waals surface area contributed by atoms with Crippen LogP contribution in [0.5, 0.6) is 0 Å². The summed E-state index contributed by atoms with van der Waals surface area (Å²) in [5.74, 6) is -0.314. The highest BCUT2D eigenvalue weighted by molar-refractivity contribution is 6.30. The fourth-order valence-corrected chi connectivity index (χ4v) is 2.91. The molecule has 0 radical (unpaired) electrons. The number of nitrogens with zero attached hydrogens (tertiary/aromatic N) is 3. The maximum absolute atomic E-state index is 13.4. The number of aromatic nitrogens is 2. The molecule has 0 bridgehead atoms. The van der Waals surface area contributed by atoms with E-state index in [9.17, 15) is 17.6 Å². The Balaban J connectivity index is 1.79. The Bertz CT molecular complexity index is 1020. The molecule has 0 saturated carbocycles. The van der Waals surface area contributed by atoms with Crippen molar-refractivity contribution in [3.8, 4) is 5.69 Å². The molecular weight excluding hydrogens is 396 g/mol. The van der Waals surface area contributed by atoms with Crippen molar-refractivity contribution in [3.05, 3.63) is 75.9 Å². The number of rotatable bonds is 4. The van der Waals surface area contributed by atoms with Gasteiger partial charge in [-0.2, -0.15) is 18.3 Å². The number of hydrazone groups is 1. The zero-order valence-electron chi connectivity index (χ0n) is 14.9. The van der Waals surface area contributed by atoms with Gasteiger partial charge in [0.25, 0.3) is 0 Å². The SMILES string of the molecule is Cc1cc(/C=N\Nc2ccc(C(F)(F)F)cn2)c(C)n1-c1ccc(F)c(Cl)c1. The van der Waals surface area contributed by atoms with Crippen LogP contribution in [0.4, 0.5) is 23.4 Å². The second-order valence-electron chi connectivity index (χ2n) is 6.06. The van der Waals surface area contributed by atoms with Crippen LogP contribution < -0.4 is 5.43 Å². The number of hydrogen-bond acceptors (Lipinski definition) is 3. The highest BCUT2D eigenvalue weighted by Gasteiger charge is 2.30. The van der Waals surface area contributed by atoms with Gasteiger partial charge in [0, 0.05) is 28.8 Å². The van der Waals surface area contributed by atoms with Crippen LogP contribution in [0, 0.1) is 19.7 Å². The van der Waals surface area contributed by atoms with E-state index in [1.807, 2.05) is 24.5 Å². The quantitative estimate of drug-likeness (QED) is 0.338. The summed E-state index contributed by atoms with van der Waals surface area (Å²) in [7, 11) is 0. The van der Waals surface area contributed by atoms with E-state index in [4.69, 9.17) is 11.6 Å². The molecule has 1 N–H and O–H groups in total. The maximum atomic E-state index is 13.4. The van der Waals surface area contributed by atoms with Crippen LogP contribution >= 0.6 is 11.6 Å². The standard InChI is InChI=1S/C19H15ClF4N4/c1-11-7-13(12(2)28(11)15-4-5-17(21)16(20)8-15)9-26-27-18-6-3-14(10-25-18)19(22,23)24/h3-10H,1-2H3,(H,25,27)/b26-9-. The monoisotopic (exact) mass is 410 g/mol. The van der Waals surface area contributed by atoms with Crippen LogP contribution in [0.3, 0.4) is 0 Å². The lowest BCUT2D eigenvalue weighted by Crippen LogP contribution is -2.05.